The Labute approximate surface area is 132 Å². The van der Waals surface area contributed by atoms with Gasteiger partial charge >= 0.3 is 0 Å². The fourth-order valence-corrected chi connectivity index (χ4v) is 2.46. The van der Waals surface area contributed by atoms with Crippen LogP contribution < -0.4 is 4.90 Å². The van der Waals surface area contributed by atoms with Gasteiger partial charge in [-0.25, -0.2) is 0 Å². The summed E-state index contributed by atoms with van der Waals surface area (Å²) in [7, 11) is 1.81. The number of anilines is 1. The SMILES string of the molecule is CCN(CC)c1ccc(C(=O)N(C)Cc2cccnc2)cc1. The first-order valence-electron chi connectivity index (χ1n) is 7.65. The Morgan fingerprint density at radius 3 is 2.32 bits per heavy atom. The van der Waals surface area contributed by atoms with E-state index < -0.39 is 0 Å². The van der Waals surface area contributed by atoms with Crippen molar-refractivity contribution in [3.63, 3.8) is 0 Å². The Morgan fingerprint density at radius 2 is 1.77 bits per heavy atom. The summed E-state index contributed by atoms with van der Waals surface area (Å²) in [6, 6.07) is 11.7. The first-order valence-corrected chi connectivity index (χ1v) is 7.65. The van der Waals surface area contributed by atoms with Crippen LogP contribution in [0.2, 0.25) is 0 Å². The number of hydrogen-bond donors (Lipinski definition) is 0. The molecule has 1 heterocycles. The highest BCUT2D eigenvalue weighted by molar-refractivity contribution is 5.94. The highest BCUT2D eigenvalue weighted by Crippen LogP contribution is 2.16. The van der Waals surface area contributed by atoms with Gasteiger partial charge in [-0.05, 0) is 49.7 Å². The Kier molecular flexibility index (Phi) is 5.53. The van der Waals surface area contributed by atoms with Gasteiger partial charge in [0.25, 0.3) is 5.91 Å². The van der Waals surface area contributed by atoms with E-state index in [4.69, 9.17) is 0 Å². The van der Waals surface area contributed by atoms with Crippen LogP contribution in [0.3, 0.4) is 0 Å². The molecule has 2 aromatic rings. The molecule has 2 rings (SSSR count). The number of pyridine rings is 1. The van der Waals surface area contributed by atoms with Crippen LogP contribution in [-0.2, 0) is 6.54 Å². The van der Waals surface area contributed by atoms with Crippen LogP contribution in [0, 0.1) is 0 Å². The van der Waals surface area contributed by atoms with Crippen LogP contribution in [-0.4, -0.2) is 35.9 Å². The molecule has 116 valence electrons. The van der Waals surface area contributed by atoms with E-state index in [-0.39, 0.29) is 5.91 Å². The summed E-state index contributed by atoms with van der Waals surface area (Å²) in [5, 5.41) is 0. The molecule has 1 amide bonds. The molecule has 0 atom stereocenters. The monoisotopic (exact) mass is 297 g/mol. The van der Waals surface area contributed by atoms with E-state index in [1.54, 1.807) is 17.3 Å². The van der Waals surface area contributed by atoms with Gasteiger partial charge in [0, 0.05) is 50.3 Å². The van der Waals surface area contributed by atoms with E-state index in [0.717, 1.165) is 24.3 Å². The van der Waals surface area contributed by atoms with Crippen LogP contribution in [0.5, 0.6) is 0 Å². The Balaban J connectivity index is 2.06. The zero-order valence-corrected chi connectivity index (χ0v) is 13.5. The second-order valence-electron chi connectivity index (χ2n) is 5.24. The van der Waals surface area contributed by atoms with E-state index in [1.807, 2.05) is 43.4 Å². The molecule has 1 aromatic carbocycles. The highest BCUT2D eigenvalue weighted by Gasteiger charge is 2.12. The Hall–Kier alpha value is -2.36. The topological polar surface area (TPSA) is 36.4 Å². The third-order valence-corrected chi connectivity index (χ3v) is 3.73. The Bertz CT molecular complexity index is 591. The molecule has 4 heteroatoms. The largest absolute Gasteiger partial charge is 0.372 e. The van der Waals surface area contributed by atoms with E-state index in [9.17, 15) is 4.79 Å². The molecular formula is C18H23N3O. The van der Waals surface area contributed by atoms with Crippen molar-refractivity contribution >= 4 is 11.6 Å². The Morgan fingerprint density at radius 1 is 1.09 bits per heavy atom. The highest BCUT2D eigenvalue weighted by atomic mass is 16.2. The predicted molar refractivity (Wildman–Crippen MR) is 90.0 cm³/mol. The maximum atomic E-state index is 12.5. The van der Waals surface area contributed by atoms with E-state index >= 15 is 0 Å². The molecule has 0 fully saturated rings. The number of hydrogen-bond acceptors (Lipinski definition) is 3. The average molecular weight is 297 g/mol. The van der Waals surface area contributed by atoms with Gasteiger partial charge in [0.05, 0.1) is 0 Å². The van der Waals surface area contributed by atoms with Gasteiger partial charge < -0.3 is 9.80 Å². The third-order valence-electron chi connectivity index (χ3n) is 3.73. The van der Waals surface area contributed by atoms with Crippen molar-refractivity contribution in [2.24, 2.45) is 0 Å². The van der Waals surface area contributed by atoms with Crippen LogP contribution in [0.25, 0.3) is 0 Å². The van der Waals surface area contributed by atoms with Crippen molar-refractivity contribution in [3.8, 4) is 0 Å². The lowest BCUT2D eigenvalue weighted by Crippen LogP contribution is -2.26. The molecular weight excluding hydrogens is 274 g/mol. The van der Waals surface area contributed by atoms with Crippen molar-refractivity contribution in [1.82, 2.24) is 9.88 Å². The molecule has 0 spiro atoms. The minimum absolute atomic E-state index is 0.0231. The number of carbonyl (C=O) groups excluding carboxylic acids is 1. The number of benzene rings is 1. The van der Waals surface area contributed by atoms with Gasteiger partial charge in [-0.1, -0.05) is 6.07 Å². The van der Waals surface area contributed by atoms with Crippen LogP contribution in [0.4, 0.5) is 5.69 Å². The lowest BCUT2D eigenvalue weighted by molar-refractivity contribution is 0.0785. The van der Waals surface area contributed by atoms with Gasteiger partial charge in [-0.3, -0.25) is 9.78 Å². The van der Waals surface area contributed by atoms with Crippen LogP contribution in [0.15, 0.2) is 48.8 Å². The van der Waals surface area contributed by atoms with Crippen LogP contribution in [0.1, 0.15) is 29.8 Å². The van der Waals surface area contributed by atoms with Crippen molar-refractivity contribution in [1.29, 1.82) is 0 Å². The second kappa shape index (κ2) is 7.59. The summed E-state index contributed by atoms with van der Waals surface area (Å²) in [5.74, 6) is 0.0231. The fraction of sp³-hybridized carbons (Fsp3) is 0.333. The minimum Gasteiger partial charge on any atom is -0.372 e. The van der Waals surface area contributed by atoms with E-state index in [0.29, 0.717) is 12.1 Å². The van der Waals surface area contributed by atoms with Crippen molar-refractivity contribution in [2.45, 2.75) is 20.4 Å². The third kappa shape index (κ3) is 3.85. The summed E-state index contributed by atoms with van der Waals surface area (Å²) in [4.78, 5) is 20.5. The zero-order chi connectivity index (χ0) is 15.9. The van der Waals surface area contributed by atoms with Crippen LogP contribution >= 0.6 is 0 Å². The van der Waals surface area contributed by atoms with E-state index in [2.05, 4.69) is 23.7 Å². The molecule has 0 aliphatic carbocycles. The van der Waals surface area contributed by atoms with Crippen molar-refractivity contribution < 1.29 is 4.79 Å². The number of amides is 1. The quantitative estimate of drug-likeness (QED) is 0.821. The predicted octanol–water partition coefficient (Wildman–Crippen LogP) is 3.20. The summed E-state index contributed by atoms with van der Waals surface area (Å²) in [6.45, 7) is 6.74. The molecule has 0 saturated heterocycles. The average Bonchev–Trinajstić information content (AvgIpc) is 2.57. The standard InChI is InChI=1S/C18H23N3O/c1-4-21(5-2)17-10-8-16(9-11-17)18(22)20(3)14-15-7-6-12-19-13-15/h6-13H,4-5,14H2,1-3H3. The van der Waals surface area contributed by atoms with E-state index in [1.165, 1.54) is 0 Å². The minimum atomic E-state index is 0.0231. The number of rotatable bonds is 6. The first-order chi connectivity index (χ1) is 10.7. The summed E-state index contributed by atoms with van der Waals surface area (Å²) in [6.07, 6.45) is 3.52. The maximum absolute atomic E-state index is 12.5. The van der Waals surface area contributed by atoms with Gasteiger partial charge in [0.1, 0.15) is 0 Å². The normalized spacial score (nSPS) is 10.3. The molecule has 0 saturated carbocycles. The summed E-state index contributed by atoms with van der Waals surface area (Å²) >= 11 is 0. The zero-order valence-electron chi connectivity index (χ0n) is 13.5. The molecule has 0 N–H and O–H groups in total. The van der Waals surface area contributed by atoms with Crippen molar-refractivity contribution in [3.05, 3.63) is 59.9 Å². The lowest BCUT2D eigenvalue weighted by atomic mass is 10.1. The van der Waals surface area contributed by atoms with Crippen molar-refractivity contribution in [2.75, 3.05) is 25.0 Å². The molecule has 0 radical (unpaired) electrons. The molecule has 0 aliphatic heterocycles. The molecule has 4 nitrogen and oxygen atoms in total. The first kappa shape index (κ1) is 16.0. The maximum Gasteiger partial charge on any atom is 0.253 e. The number of nitrogens with zero attached hydrogens (tertiary/aromatic N) is 3. The fourth-order valence-electron chi connectivity index (χ4n) is 2.46. The number of aromatic nitrogens is 1. The van der Waals surface area contributed by atoms with Gasteiger partial charge in [-0.15, -0.1) is 0 Å². The molecule has 0 bridgehead atoms. The smallest absolute Gasteiger partial charge is 0.253 e. The lowest BCUT2D eigenvalue weighted by Gasteiger charge is -2.22. The molecule has 22 heavy (non-hydrogen) atoms. The second-order valence-corrected chi connectivity index (χ2v) is 5.24. The molecule has 0 unspecified atom stereocenters. The number of carbonyl (C=O) groups is 1. The molecule has 0 aliphatic rings. The summed E-state index contributed by atoms with van der Waals surface area (Å²) in [5.41, 5.74) is 2.89. The van der Waals surface area contributed by atoms with Gasteiger partial charge in [0.15, 0.2) is 0 Å². The summed E-state index contributed by atoms with van der Waals surface area (Å²) < 4.78 is 0. The van der Waals surface area contributed by atoms with Gasteiger partial charge in [0.2, 0.25) is 0 Å². The van der Waals surface area contributed by atoms with Gasteiger partial charge in [-0.2, -0.15) is 0 Å². The molecule has 1 aromatic heterocycles.